The van der Waals surface area contributed by atoms with Crippen molar-refractivity contribution in [2.45, 2.75) is 65.1 Å². The second kappa shape index (κ2) is 41.8. The molecule has 29 heteroatoms. The van der Waals surface area contributed by atoms with E-state index in [1.165, 1.54) is 73.8 Å². The van der Waals surface area contributed by atoms with Gasteiger partial charge in [0.25, 0.3) is 5.69 Å². The number of halogens is 6. The Morgan fingerprint density at radius 3 is 1.46 bits per heavy atom. The van der Waals surface area contributed by atoms with Crippen LogP contribution in [0.3, 0.4) is 0 Å². The lowest BCUT2D eigenvalue weighted by atomic mass is 9.99. The number of likely N-dealkylation sites (N-methyl/N-ethyl adjacent to an activating group) is 2. The Morgan fingerprint density at radius 2 is 1.01 bits per heavy atom. The van der Waals surface area contributed by atoms with Gasteiger partial charge < -0.3 is 69.6 Å². The molecular formula is C70H85Cl6N10O10S3-. The zero-order valence-corrected chi connectivity index (χ0v) is 62.6. The minimum atomic E-state index is -0.688. The molecule has 0 spiro atoms. The van der Waals surface area contributed by atoms with Crippen molar-refractivity contribution in [1.82, 2.24) is 33.3 Å². The summed E-state index contributed by atoms with van der Waals surface area (Å²) in [4.78, 5) is 80.5. The maximum atomic E-state index is 12.5. The zero-order chi connectivity index (χ0) is 69.4. The predicted octanol–water partition coefficient (Wildman–Crippen LogP) is 5.20. The number of quaternary nitrogens is 1. The topological polar surface area (TPSA) is 225 Å². The fraction of sp³-hybridized carbons (Fsp3) is 0.414. The number of carbonyl (C=O) groups excluding carboxylic acids is 2. The minimum absolute atomic E-state index is 0. The van der Waals surface area contributed by atoms with Crippen molar-refractivity contribution in [3.8, 4) is 0 Å². The molecule has 0 atom stereocenters. The van der Waals surface area contributed by atoms with Gasteiger partial charge in [-0.2, -0.15) is 0 Å². The number of nitrogens with one attached hydrogen (secondary N) is 1. The van der Waals surface area contributed by atoms with Gasteiger partial charge in [0, 0.05) is 123 Å². The van der Waals surface area contributed by atoms with E-state index < -0.39 is 10.4 Å². The zero-order valence-electron chi connectivity index (χ0n) is 55.6. The lowest BCUT2D eigenvalue weighted by Gasteiger charge is -2.32. The van der Waals surface area contributed by atoms with Gasteiger partial charge in [-0.1, -0.05) is 124 Å². The Balaban J connectivity index is 0.000000203. The lowest BCUT2D eigenvalue weighted by Crippen LogP contribution is -3.13. The summed E-state index contributed by atoms with van der Waals surface area (Å²) in [5.74, 6) is 0.671. The van der Waals surface area contributed by atoms with Crippen LogP contribution in [0.1, 0.15) is 61.3 Å². The number of nitro groups is 1. The molecular weight excluding hydrogens is 1450 g/mol. The first kappa shape index (κ1) is 82.0. The predicted molar refractivity (Wildman–Crippen MR) is 396 cm³/mol. The first-order chi connectivity index (χ1) is 46.7. The van der Waals surface area contributed by atoms with Crippen LogP contribution in [-0.4, -0.2) is 174 Å². The highest BCUT2D eigenvalue weighted by Gasteiger charge is 2.20. The molecule has 0 unspecified atom stereocenters. The van der Waals surface area contributed by atoms with Crippen LogP contribution in [0.4, 0.5) is 16.2 Å². The number of thiazole rings is 3. The quantitative estimate of drug-likeness (QED) is 0.0223. The number of aliphatic hydroxyl groups excluding tert-OH is 1. The number of piperidine rings is 1. The standard InChI is InChI=1S/C24H28ClN3O3S.C14H9ClN2O3S.C14H11ClN2OS.C10H18ClNO2.C8H18N2O.2ClH/c1-26-9-11-27(12-10-26)8-3-13-31-23(29)15-18-4-2-5-19(14-18)17-28-21-16-20(25)6-7-22(21)32-24(28)30;15-10-4-5-13-12(7-10)16(14(18)21-13)8-9-2-1-3-11(6-9)17(19)20;15-10-4-5-13-12(7-10)17(14(18)19-13)8-9-2-1-3-11(16)6-9;1-9-3-6-12(7-4-9)5-2-8-14-10(11)13;1-9-4-6-10(7-5-9)3-2-8-11;;/h2,4-7,14,16H,3,8-13,15,17H2,1H3;1-7H,8H2;1-7H,8,16H2;9H,2-8H2,1H3;11H,2-8H2,1H3;2*1H/p-1. The second-order valence-corrected chi connectivity index (χ2v) is 29.0. The maximum Gasteiger partial charge on any atom is 0.403 e. The van der Waals surface area contributed by atoms with Gasteiger partial charge in [-0.05, 0) is 135 Å². The Morgan fingerprint density at radius 1 is 0.586 bits per heavy atom. The van der Waals surface area contributed by atoms with E-state index in [2.05, 4.69) is 45.4 Å². The van der Waals surface area contributed by atoms with E-state index >= 15 is 0 Å². The number of esters is 1. The van der Waals surface area contributed by atoms with Gasteiger partial charge in [0.05, 0.1) is 94.5 Å². The summed E-state index contributed by atoms with van der Waals surface area (Å²) in [6.07, 6.45) is 5.57. The van der Waals surface area contributed by atoms with Gasteiger partial charge in [0.2, 0.25) is 0 Å². The highest BCUT2D eigenvalue weighted by molar-refractivity contribution is 7.17. The molecule has 0 bridgehead atoms. The van der Waals surface area contributed by atoms with Gasteiger partial charge in [0.15, 0.2) is 0 Å². The molecule has 0 radical (unpaired) electrons. The summed E-state index contributed by atoms with van der Waals surface area (Å²) >= 11 is 26.7. The Kier molecular flexibility index (Phi) is 34.6. The molecule has 3 aliphatic heterocycles. The maximum absolute atomic E-state index is 12.5. The van der Waals surface area contributed by atoms with Crippen LogP contribution in [0.2, 0.25) is 15.1 Å². The molecule has 12 rings (SSSR count). The second-order valence-electron chi connectivity index (χ2n) is 24.4. The van der Waals surface area contributed by atoms with E-state index in [0.29, 0.717) is 59.2 Å². The molecule has 3 aromatic heterocycles. The highest BCUT2D eigenvalue weighted by atomic mass is 35.5. The third kappa shape index (κ3) is 26.7. The molecule has 3 saturated heterocycles. The molecule has 99 heavy (non-hydrogen) atoms. The summed E-state index contributed by atoms with van der Waals surface area (Å²) in [5.41, 5.74) is 11.8. The molecule has 6 heterocycles. The monoisotopic (exact) mass is 1530 g/mol. The van der Waals surface area contributed by atoms with Gasteiger partial charge in [0.1, 0.15) is 0 Å². The number of likely N-dealkylation sites (tertiary alicyclic amines) is 1. The van der Waals surface area contributed by atoms with Gasteiger partial charge in [-0.15, -0.1) is 0 Å². The van der Waals surface area contributed by atoms with Crippen molar-refractivity contribution in [3.05, 3.63) is 204 Å². The summed E-state index contributed by atoms with van der Waals surface area (Å²) in [7, 11) is 4.30. The number of nitrogen functional groups attached to an aromatic ring is 1. The van der Waals surface area contributed by atoms with E-state index in [-0.39, 0.29) is 64.1 Å². The van der Waals surface area contributed by atoms with Crippen LogP contribution in [0, 0.1) is 16.0 Å². The molecule has 20 nitrogen and oxygen atoms in total. The lowest BCUT2D eigenvalue weighted by molar-refractivity contribution is -0.906. The van der Waals surface area contributed by atoms with E-state index in [9.17, 15) is 34.1 Å². The average Bonchev–Trinajstić information content (AvgIpc) is 1.67. The third-order valence-electron chi connectivity index (χ3n) is 16.9. The van der Waals surface area contributed by atoms with Gasteiger partial charge >= 0.3 is 26.0 Å². The van der Waals surface area contributed by atoms with E-state index in [0.717, 1.165) is 143 Å². The van der Waals surface area contributed by atoms with Crippen LogP contribution < -0.4 is 50.1 Å². The smallest absolute Gasteiger partial charge is 0.403 e. The molecule has 9 aromatic rings. The Labute approximate surface area is 620 Å². The number of nitro benzene ring substituents is 1. The number of rotatable bonds is 20. The number of ether oxygens (including phenoxy) is 2. The third-order valence-corrected chi connectivity index (χ3v) is 20.6. The number of fused-ring (bicyclic) bond motifs is 3. The molecule has 0 aliphatic carbocycles. The molecule has 3 fully saturated rings. The minimum Gasteiger partial charge on any atom is -1.00 e. The number of hydrogen-bond donors (Lipinski definition) is 3. The number of anilines is 1. The number of aromatic nitrogens is 3. The van der Waals surface area contributed by atoms with Crippen molar-refractivity contribution in [3.63, 3.8) is 0 Å². The van der Waals surface area contributed by atoms with Gasteiger partial charge in [-0.25, -0.2) is 4.79 Å². The summed E-state index contributed by atoms with van der Waals surface area (Å²) in [5, 5.41) is 21.2. The summed E-state index contributed by atoms with van der Waals surface area (Å²) in [6.45, 7) is 19.4. The van der Waals surface area contributed by atoms with Crippen molar-refractivity contribution in [1.29, 1.82) is 0 Å². The van der Waals surface area contributed by atoms with Crippen LogP contribution in [-0.2, 0) is 40.3 Å². The number of benzene rings is 6. The van der Waals surface area contributed by atoms with Crippen molar-refractivity contribution < 1.29 is 58.8 Å². The average molecular weight is 1540 g/mol. The van der Waals surface area contributed by atoms with Crippen molar-refractivity contribution >= 4 is 134 Å². The SMILES string of the molecule is CC1CC[NH+](CCCOC(=O)Cl)CC1.CN1CCN(CCCO)CC1.CN1CCN(CCCOC(=O)Cc2cccc(Cn3c(=O)sc4ccc(Cl)cc43)c2)CC1.Nc1cccc(Cn2c(=O)sc3ccc(Cl)cc32)c1.O=c1sc2ccc(Cl)cc2n1Cc1cccc([N+](=O)[O-])c1.[Cl-].[Cl-]. The van der Waals surface area contributed by atoms with Crippen LogP contribution in [0.5, 0.6) is 0 Å². The largest absolute Gasteiger partial charge is 1.00 e. The molecule has 536 valence electrons. The number of carbonyl (C=O) groups is 2. The number of nitrogens with two attached hydrogens (primary N) is 1. The molecule has 6 aromatic carbocycles. The molecule has 0 amide bonds. The Hall–Kier alpha value is -5.97. The fourth-order valence-electron chi connectivity index (χ4n) is 11.4. The number of non-ortho nitro benzene ring substituents is 1. The van der Waals surface area contributed by atoms with Crippen LogP contribution in [0.15, 0.2) is 142 Å². The van der Waals surface area contributed by atoms with Crippen LogP contribution in [0.25, 0.3) is 30.6 Å². The van der Waals surface area contributed by atoms with E-state index in [1.54, 1.807) is 61.1 Å². The first-order valence-corrected chi connectivity index (χ1v) is 36.4. The Bertz CT molecular complexity index is 4220. The normalized spacial score (nSPS) is 15.7. The number of hydrogen-bond acceptors (Lipinski definition) is 18. The molecule has 4 N–H and O–H groups in total. The highest BCUT2D eigenvalue weighted by Crippen LogP contribution is 2.26. The van der Waals surface area contributed by atoms with E-state index in [1.807, 2.05) is 72.8 Å². The first-order valence-electron chi connectivity index (χ1n) is 32.4. The van der Waals surface area contributed by atoms with E-state index in [4.69, 9.17) is 62.0 Å². The summed E-state index contributed by atoms with van der Waals surface area (Å²) < 4.78 is 17.8. The van der Waals surface area contributed by atoms with Gasteiger partial charge in [-0.3, -0.25) is 43.0 Å². The fourth-order valence-corrected chi connectivity index (χ4v) is 14.6. The number of nitrogens with zero attached hydrogens (tertiary/aromatic N) is 8. The summed E-state index contributed by atoms with van der Waals surface area (Å²) in [6, 6.07) is 37.8. The van der Waals surface area contributed by atoms with Crippen molar-refractivity contribution in [2.24, 2.45) is 5.92 Å². The van der Waals surface area contributed by atoms with Crippen LogP contribution >= 0.6 is 80.4 Å². The van der Waals surface area contributed by atoms with Crippen molar-refractivity contribution in [2.75, 3.05) is 125 Å². The number of aliphatic hydroxyl groups is 1. The molecule has 3 aliphatic rings. The number of piperazine rings is 2. The molecule has 0 saturated carbocycles.